The Balaban J connectivity index is 1.55. The molecule has 1 aromatic heterocycles. The van der Waals surface area contributed by atoms with E-state index in [0.29, 0.717) is 17.4 Å². The summed E-state index contributed by atoms with van der Waals surface area (Å²) in [4.78, 5) is 15.6. The van der Waals surface area contributed by atoms with Crippen LogP contribution in [0.5, 0.6) is 0 Å². The summed E-state index contributed by atoms with van der Waals surface area (Å²) in [5.74, 6) is 1.61. The van der Waals surface area contributed by atoms with Crippen LogP contribution < -0.4 is 5.43 Å². The van der Waals surface area contributed by atoms with Gasteiger partial charge in [0.15, 0.2) is 0 Å². The van der Waals surface area contributed by atoms with Crippen molar-refractivity contribution < 1.29 is 4.79 Å². The number of hydrazone groups is 1. The van der Waals surface area contributed by atoms with Gasteiger partial charge in [-0.05, 0) is 36.8 Å². The van der Waals surface area contributed by atoms with E-state index in [1.807, 2.05) is 6.21 Å². The van der Waals surface area contributed by atoms with Gasteiger partial charge in [0.1, 0.15) is 0 Å². The fourth-order valence-corrected chi connectivity index (χ4v) is 2.75. The minimum Gasteiger partial charge on any atom is -0.267 e. The zero-order chi connectivity index (χ0) is 12.4. The summed E-state index contributed by atoms with van der Waals surface area (Å²) >= 11 is 0. The summed E-state index contributed by atoms with van der Waals surface area (Å²) in [5.41, 5.74) is 3.08. The summed E-state index contributed by atoms with van der Waals surface area (Å²) in [6.45, 7) is 0. The molecule has 4 nitrogen and oxygen atoms in total. The van der Waals surface area contributed by atoms with E-state index in [9.17, 15) is 4.79 Å². The van der Waals surface area contributed by atoms with Gasteiger partial charge in [-0.1, -0.05) is 12.2 Å². The molecule has 0 aliphatic heterocycles. The standard InChI is InChI=1S/C14H15N3O/c18-14(12-2-1-5-15-8-12)17-16-9-13-7-10-3-4-11(13)6-10/h1-5,8-11,13H,6-7H2,(H,17,18)/b16-9-/t10-,11-,13-/m1/s1. The molecule has 2 aliphatic rings. The number of amides is 1. The average Bonchev–Trinajstić information content (AvgIpc) is 3.02. The molecule has 2 aliphatic carbocycles. The molecule has 1 aromatic rings. The van der Waals surface area contributed by atoms with Crippen LogP contribution in [0.15, 0.2) is 41.8 Å². The first kappa shape index (κ1) is 11.1. The average molecular weight is 241 g/mol. The summed E-state index contributed by atoms with van der Waals surface area (Å²) < 4.78 is 0. The zero-order valence-electron chi connectivity index (χ0n) is 9.99. The van der Waals surface area contributed by atoms with Crippen molar-refractivity contribution in [3.63, 3.8) is 0 Å². The number of carbonyl (C=O) groups excluding carboxylic acids is 1. The highest BCUT2D eigenvalue weighted by molar-refractivity contribution is 5.93. The second kappa shape index (κ2) is 4.72. The van der Waals surface area contributed by atoms with E-state index in [2.05, 4.69) is 27.7 Å². The number of fused-ring (bicyclic) bond motifs is 2. The van der Waals surface area contributed by atoms with Gasteiger partial charge in [0, 0.05) is 24.5 Å². The van der Waals surface area contributed by atoms with Crippen molar-refractivity contribution in [1.82, 2.24) is 10.4 Å². The maximum Gasteiger partial charge on any atom is 0.272 e. The van der Waals surface area contributed by atoms with E-state index >= 15 is 0 Å². The van der Waals surface area contributed by atoms with E-state index in [1.54, 1.807) is 18.3 Å². The summed E-state index contributed by atoms with van der Waals surface area (Å²) in [7, 11) is 0. The molecule has 92 valence electrons. The Morgan fingerprint density at radius 2 is 2.39 bits per heavy atom. The van der Waals surface area contributed by atoms with Gasteiger partial charge >= 0.3 is 0 Å². The third kappa shape index (κ3) is 2.18. The van der Waals surface area contributed by atoms with Crippen molar-refractivity contribution >= 4 is 12.1 Å². The number of allylic oxidation sites excluding steroid dienone is 2. The van der Waals surface area contributed by atoms with Crippen LogP contribution in [0.2, 0.25) is 0 Å². The van der Waals surface area contributed by atoms with E-state index in [4.69, 9.17) is 0 Å². The third-order valence-electron chi connectivity index (χ3n) is 3.69. The van der Waals surface area contributed by atoms with Crippen LogP contribution in [0.1, 0.15) is 23.2 Å². The predicted octanol–water partition coefficient (Wildman–Crippen LogP) is 2.01. The van der Waals surface area contributed by atoms with Crippen LogP contribution in [-0.2, 0) is 0 Å². The molecule has 1 fully saturated rings. The number of rotatable bonds is 3. The molecule has 0 saturated heterocycles. The maximum absolute atomic E-state index is 11.7. The Morgan fingerprint density at radius 3 is 3.06 bits per heavy atom. The molecule has 0 aromatic carbocycles. The molecular weight excluding hydrogens is 226 g/mol. The second-order valence-corrected chi connectivity index (χ2v) is 4.90. The number of carbonyl (C=O) groups is 1. The van der Waals surface area contributed by atoms with Gasteiger partial charge in [0.25, 0.3) is 5.91 Å². The van der Waals surface area contributed by atoms with Crippen LogP contribution in [0.25, 0.3) is 0 Å². The lowest BCUT2D eigenvalue weighted by atomic mass is 9.95. The number of nitrogens with one attached hydrogen (secondary N) is 1. The molecule has 1 N–H and O–H groups in total. The summed E-state index contributed by atoms with van der Waals surface area (Å²) in [6, 6.07) is 3.46. The molecule has 3 atom stereocenters. The second-order valence-electron chi connectivity index (χ2n) is 4.90. The van der Waals surface area contributed by atoms with Crippen LogP contribution >= 0.6 is 0 Å². The van der Waals surface area contributed by atoms with Crippen LogP contribution in [-0.4, -0.2) is 17.1 Å². The molecule has 0 unspecified atom stereocenters. The SMILES string of the molecule is O=C(N/N=C\[C@H]1C[C@@H]2C=C[C@@H]1C2)c1cccnc1. The molecule has 1 amide bonds. The molecule has 2 bridgehead atoms. The van der Waals surface area contributed by atoms with E-state index in [0.717, 1.165) is 12.3 Å². The lowest BCUT2D eigenvalue weighted by Gasteiger charge is -2.11. The van der Waals surface area contributed by atoms with Gasteiger partial charge in [0.05, 0.1) is 5.56 Å². The number of aromatic nitrogens is 1. The lowest BCUT2D eigenvalue weighted by Crippen LogP contribution is -2.19. The van der Waals surface area contributed by atoms with Gasteiger partial charge in [-0.3, -0.25) is 9.78 Å². The first-order valence-electron chi connectivity index (χ1n) is 6.25. The Labute approximate surface area is 106 Å². The molecular formula is C14H15N3O. The summed E-state index contributed by atoms with van der Waals surface area (Å²) in [5, 5.41) is 4.06. The van der Waals surface area contributed by atoms with Crippen LogP contribution in [0, 0.1) is 17.8 Å². The van der Waals surface area contributed by atoms with Gasteiger partial charge in [-0.2, -0.15) is 5.10 Å². The Kier molecular flexibility index (Phi) is 2.92. The van der Waals surface area contributed by atoms with E-state index in [-0.39, 0.29) is 5.91 Å². The first-order valence-corrected chi connectivity index (χ1v) is 6.25. The third-order valence-corrected chi connectivity index (χ3v) is 3.69. The fourth-order valence-electron chi connectivity index (χ4n) is 2.75. The molecule has 3 rings (SSSR count). The van der Waals surface area contributed by atoms with Crippen molar-refractivity contribution in [3.05, 3.63) is 42.2 Å². The summed E-state index contributed by atoms with van der Waals surface area (Å²) in [6.07, 6.45) is 12.0. The molecule has 0 radical (unpaired) electrons. The number of nitrogens with zero attached hydrogens (tertiary/aromatic N) is 2. The monoisotopic (exact) mass is 241 g/mol. The van der Waals surface area contributed by atoms with Crippen LogP contribution in [0.4, 0.5) is 0 Å². The first-order chi connectivity index (χ1) is 8.83. The number of hydrogen-bond acceptors (Lipinski definition) is 3. The number of pyridine rings is 1. The van der Waals surface area contributed by atoms with Crippen molar-refractivity contribution in [2.75, 3.05) is 0 Å². The Morgan fingerprint density at radius 1 is 1.44 bits per heavy atom. The van der Waals surface area contributed by atoms with Gasteiger partial charge in [-0.15, -0.1) is 0 Å². The van der Waals surface area contributed by atoms with E-state index < -0.39 is 0 Å². The van der Waals surface area contributed by atoms with Crippen molar-refractivity contribution in [3.8, 4) is 0 Å². The molecule has 0 spiro atoms. The predicted molar refractivity (Wildman–Crippen MR) is 69.0 cm³/mol. The van der Waals surface area contributed by atoms with Crippen molar-refractivity contribution in [2.45, 2.75) is 12.8 Å². The van der Waals surface area contributed by atoms with Crippen LogP contribution in [0.3, 0.4) is 0 Å². The van der Waals surface area contributed by atoms with Gasteiger partial charge in [0.2, 0.25) is 0 Å². The zero-order valence-corrected chi connectivity index (χ0v) is 9.99. The Bertz CT molecular complexity index is 495. The largest absolute Gasteiger partial charge is 0.272 e. The highest BCUT2D eigenvalue weighted by atomic mass is 16.2. The normalized spacial score (nSPS) is 29.0. The highest BCUT2D eigenvalue weighted by Crippen LogP contribution is 2.42. The van der Waals surface area contributed by atoms with Crippen molar-refractivity contribution in [1.29, 1.82) is 0 Å². The molecule has 1 saturated carbocycles. The number of hydrogen-bond donors (Lipinski definition) is 1. The quantitative estimate of drug-likeness (QED) is 0.500. The topological polar surface area (TPSA) is 54.4 Å². The van der Waals surface area contributed by atoms with Gasteiger partial charge < -0.3 is 0 Å². The fraction of sp³-hybridized carbons (Fsp3) is 0.357. The molecule has 18 heavy (non-hydrogen) atoms. The minimum absolute atomic E-state index is 0.210. The maximum atomic E-state index is 11.7. The molecule has 4 heteroatoms. The van der Waals surface area contributed by atoms with Crippen molar-refractivity contribution in [2.24, 2.45) is 22.9 Å². The highest BCUT2D eigenvalue weighted by Gasteiger charge is 2.34. The smallest absolute Gasteiger partial charge is 0.267 e. The van der Waals surface area contributed by atoms with E-state index in [1.165, 1.54) is 12.6 Å². The van der Waals surface area contributed by atoms with Gasteiger partial charge in [-0.25, -0.2) is 5.43 Å². The molecule has 1 heterocycles. The minimum atomic E-state index is -0.210. The lowest BCUT2D eigenvalue weighted by molar-refractivity contribution is 0.0954. The Hall–Kier alpha value is -1.97.